The van der Waals surface area contributed by atoms with E-state index >= 15 is 0 Å². The molecule has 3 rings (SSSR count). The smallest absolute Gasteiger partial charge is 0.122 e. The van der Waals surface area contributed by atoms with Crippen molar-refractivity contribution >= 4 is 0 Å². The number of hydrogen-bond acceptors (Lipinski definition) is 2. The Morgan fingerprint density at radius 2 is 1.11 bits per heavy atom. The highest BCUT2D eigenvalue weighted by molar-refractivity contribution is 5.53. The van der Waals surface area contributed by atoms with Crippen LogP contribution in [-0.2, 0) is 0 Å². The largest absolute Gasteiger partial charge is 0.507 e. The molecule has 0 aromatic heterocycles. The second-order valence-corrected chi connectivity index (χ2v) is 9.19. The minimum Gasteiger partial charge on any atom is -0.507 e. The molecule has 2 aromatic carbocycles. The Morgan fingerprint density at radius 1 is 0.704 bits per heavy atom. The van der Waals surface area contributed by atoms with Gasteiger partial charge in [-0.15, -0.1) is 0 Å². The van der Waals surface area contributed by atoms with Crippen LogP contribution in [0.4, 0.5) is 0 Å². The molecule has 0 aliphatic heterocycles. The van der Waals surface area contributed by atoms with Crippen molar-refractivity contribution in [3.63, 3.8) is 0 Å². The van der Waals surface area contributed by atoms with Gasteiger partial charge in [0.2, 0.25) is 0 Å². The predicted octanol–water partition coefficient (Wildman–Crippen LogP) is 6.54. The van der Waals surface area contributed by atoms with E-state index in [-0.39, 0.29) is 5.92 Å². The summed E-state index contributed by atoms with van der Waals surface area (Å²) in [5.74, 6) is 2.55. The van der Waals surface area contributed by atoms with Crippen LogP contribution in [0.2, 0.25) is 0 Å². The van der Waals surface area contributed by atoms with Crippen LogP contribution >= 0.6 is 0 Å². The topological polar surface area (TPSA) is 40.5 Å². The van der Waals surface area contributed by atoms with Gasteiger partial charge in [0.05, 0.1) is 0 Å². The summed E-state index contributed by atoms with van der Waals surface area (Å²) in [6.45, 7) is 12.8. The van der Waals surface area contributed by atoms with E-state index in [0.717, 1.165) is 46.2 Å². The molecule has 1 fully saturated rings. The molecule has 146 valence electrons. The quantitative estimate of drug-likeness (QED) is 0.648. The van der Waals surface area contributed by atoms with Crippen molar-refractivity contribution < 1.29 is 10.2 Å². The molecule has 0 heterocycles. The molecule has 0 saturated heterocycles. The number of phenols is 2. The molecule has 2 nitrogen and oxygen atoms in total. The Labute approximate surface area is 164 Å². The maximum atomic E-state index is 11.0. The third-order valence-corrected chi connectivity index (χ3v) is 6.31. The first kappa shape index (κ1) is 19.8. The van der Waals surface area contributed by atoms with Crippen molar-refractivity contribution in [2.75, 3.05) is 0 Å². The van der Waals surface area contributed by atoms with Crippen LogP contribution in [0.1, 0.15) is 72.4 Å². The number of rotatable bonds is 3. The molecule has 2 aromatic rings. The van der Waals surface area contributed by atoms with Gasteiger partial charge in [-0.25, -0.2) is 0 Å². The number of benzene rings is 2. The lowest BCUT2D eigenvalue weighted by Crippen LogP contribution is -2.26. The van der Waals surface area contributed by atoms with E-state index in [2.05, 4.69) is 39.8 Å². The van der Waals surface area contributed by atoms with Gasteiger partial charge < -0.3 is 10.2 Å². The molecular weight excluding hydrogens is 332 g/mol. The molecule has 2 N–H and O–H groups in total. The summed E-state index contributed by atoms with van der Waals surface area (Å²) in [6.07, 6.45) is 3.53. The Kier molecular flexibility index (Phi) is 5.55. The second-order valence-electron chi connectivity index (χ2n) is 9.19. The molecule has 1 aliphatic rings. The third kappa shape index (κ3) is 4.00. The van der Waals surface area contributed by atoms with Crippen LogP contribution < -0.4 is 0 Å². The molecular formula is C25H34O2. The first-order valence-corrected chi connectivity index (χ1v) is 10.3. The van der Waals surface area contributed by atoms with E-state index < -0.39 is 0 Å². The fourth-order valence-electron chi connectivity index (χ4n) is 5.42. The van der Waals surface area contributed by atoms with Crippen LogP contribution in [0, 0.1) is 45.4 Å². The van der Waals surface area contributed by atoms with E-state index in [9.17, 15) is 10.2 Å². The summed E-state index contributed by atoms with van der Waals surface area (Å²) in [4.78, 5) is 0. The van der Waals surface area contributed by atoms with Crippen molar-refractivity contribution in [3.8, 4) is 11.5 Å². The van der Waals surface area contributed by atoms with Crippen molar-refractivity contribution in [1.29, 1.82) is 0 Å². The van der Waals surface area contributed by atoms with Crippen molar-refractivity contribution in [1.82, 2.24) is 0 Å². The summed E-state index contributed by atoms with van der Waals surface area (Å²) in [7, 11) is 0. The molecule has 0 spiro atoms. The highest BCUT2D eigenvalue weighted by Crippen LogP contribution is 2.49. The molecule has 2 heteroatoms. The normalized spacial score (nSPS) is 23.0. The zero-order chi connectivity index (χ0) is 19.9. The predicted molar refractivity (Wildman–Crippen MR) is 113 cm³/mol. The van der Waals surface area contributed by atoms with Gasteiger partial charge in [-0.1, -0.05) is 49.2 Å². The molecule has 0 radical (unpaired) electrons. The number of aryl methyl sites for hydroxylation is 4. The van der Waals surface area contributed by atoms with Gasteiger partial charge in [-0.05, 0) is 75.8 Å². The fraction of sp³-hybridized carbons (Fsp3) is 0.520. The second kappa shape index (κ2) is 7.58. The van der Waals surface area contributed by atoms with Crippen molar-refractivity contribution in [2.45, 2.75) is 66.7 Å². The highest BCUT2D eigenvalue weighted by atomic mass is 16.3. The maximum Gasteiger partial charge on any atom is 0.122 e. The van der Waals surface area contributed by atoms with Crippen LogP contribution in [0.15, 0.2) is 24.3 Å². The van der Waals surface area contributed by atoms with Crippen LogP contribution in [0.25, 0.3) is 0 Å². The van der Waals surface area contributed by atoms with E-state index in [0.29, 0.717) is 29.3 Å². The van der Waals surface area contributed by atoms with Gasteiger partial charge in [-0.2, -0.15) is 0 Å². The zero-order valence-electron chi connectivity index (χ0n) is 17.6. The van der Waals surface area contributed by atoms with Crippen LogP contribution in [0.5, 0.6) is 11.5 Å². The summed E-state index contributed by atoms with van der Waals surface area (Å²) in [5.41, 5.74) is 6.09. The van der Waals surface area contributed by atoms with Gasteiger partial charge in [0.1, 0.15) is 11.5 Å². The Morgan fingerprint density at radius 3 is 1.52 bits per heavy atom. The Hall–Kier alpha value is -1.96. The highest BCUT2D eigenvalue weighted by Gasteiger charge is 2.35. The summed E-state index contributed by atoms with van der Waals surface area (Å²) >= 11 is 0. The zero-order valence-corrected chi connectivity index (χ0v) is 17.6. The number of aromatic hydroxyl groups is 2. The standard InChI is InChI=1S/C25H34O2/c1-14-7-15(2)11-20(10-14)23(21-12-16(3)8-18(5)24(21)26)22-13-17(4)9-19(6)25(22)27/h8-9,12-15,20,23,26-27H,7,10-11H2,1-6H3. The summed E-state index contributed by atoms with van der Waals surface area (Å²) in [5, 5.41) is 21.9. The lowest BCUT2D eigenvalue weighted by atomic mass is 9.67. The molecule has 27 heavy (non-hydrogen) atoms. The molecule has 1 saturated carbocycles. The van der Waals surface area contributed by atoms with Gasteiger partial charge in [0.15, 0.2) is 0 Å². The minimum atomic E-state index is 0.0207. The molecule has 0 amide bonds. The average molecular weight is 367 g/mol. The van der Waals surface area contributed by atoms with E-state index in [4.69, 9.17) is 0 Å². The van der Waals surface area contributed by atoms with Gasteiger partial charge in [0, 0.05) is 17.0 Å². The van der Waals surface area contributed by atoms with Gasteiger partial charge in [0.25, 0.3) is 0 Å². The van der Waals surface area contributed by atoms with Crippen molar-refractivity contribution in [3.05, 3.63) is 57.6 Å². The van der Waals surface area contributed by atoms with Gasteiger partial charge >= 0.3 is 0 Å². The fourth-order valence-corrected chi connectivity index (χ4v) is 5.42. The SMILES string of the molecule is Cc1cc(C)c(O)c(C(c2cc(C)cc(C)c2O)C2CC(C)CC(C)C2)c1. The third-order valence-electron chi connectivity index (χ3n) is 6.31. The van der Waals surface area contributed by atoms with Crippen molar-refractivity contribution in [2.24, 2.45) is 17.8 Å². The Balaban J connectivity index is 2.22. The van der Waals surface area contributed by atoms with E-state index in [1.54, 1.807) is 0 Å². The average Bonchev–Trinajstić information content (AvgIpc) is 2.55. The van der Waals surface area contributed by atoms with E-state index in [1.807, 2.05) is 26.0 Å². The lowest BCUT2D eigenvalue weighted by molar-refractivity contribution is 0.200. The summed E-state index contributed by atoms with van der Waals surface area (Å²) in [6, 6.07) is 8.30. The Bertz CT molecular complexity index is 769. The van der Waals surface area contributed by atoms with Gasteiger partial charge in [-0.3, -0.25) is 0 Å². The van der Waals surface area contributed by atoms with E-state index in [1.165, 1.54) is 6.42 Å². The monoisotopic (exact) mass is 366 g/mol. The first-order valence-electron chi connectivity index (χ1n) is 10.3. The number of hydrogen-bond donors (Lipinski definition) is 2. The maximum absolute atomic E-state index is 11.0. The van der Waals surface area contributed by atoms with Crippen LogP contribution in [0.3, 0.4) is 0 Å². The molecule has 2 atom stereocenters. The molecule has 2 unspecified atom stereocenters. The first-order chi connectivity index (χ1) is 12.7. The lowest BCUT2D eigenvalue weighted by Gasteiger charge is -2.38. The van der Waals surface area contributed by atoms with Crippen LogP contribution in [-0.4, -0.2) is 10.2 Å². The number of phenolic OH excluding ortho intramolecular Hbond substituents is 2. The molecule has 0 bridgehead atoms. The molecule has 1 aliphatic carbocycles. The minimum absolute atomic E-state index is 0.0207. The summed E-state index contributed by atoms with van der Waals surface area (Å²) < 4.78 is 0.